The van der Waals surface area contributed by atoms with Crippen molar-refractivity contribution in [2.75, 3.05) is 11.1 Å². The number of hydrogen-bond acceptors (Lipinski definition) is 3. The van der Waals surface area contributed by atoms with Gasteiger partial charge in [-0.1, -0.05) is 25.1 Å². The zero-order valence-electron chi connectivity index (χ0n) is 13.6. The fourth-order valence-electron chi connectivity index (χ4n) is 2.65. The Kier molecular flexibility index (Phi) is 4.71. The number of nitrogens with one attached hydrogen (secondary N) is 2. The van der Waals surface area contributed by atoms with E-state index in [0.717, 1.165) is 21.6 Å². The summed E-state index contributed by atoms with van der Waals surface area (Å²) in [6.45, 7) is 3.95. The zero-order valence-corrected chi connectivity index (χ0v) is 14.4. The lowest BCUT2D eigenvalue weighted by atomic mass is 10.1. The molecule has 0 aliphatic heterocycles. The lowest BCUT2D eigenvalue weighted by Gasteiger charge is -2.10. The minimum atomic E-state index is -0.152. The summed E-state index contributed by atoms with van der Waals surface area (Å²) in [7, 11) is 0. The van der Waals surface area contributed by atoms with E-state index in [2.05, 4.69) is 17.2 Å². The Hall–Kier alpha value is -2.53. The van der Waals surface area contributed by atoms with Gasteiger partial charge < -0.3 is 10.3 Å². The fourth-order valence-corrected chi connectivity index (χ4v) is 3.45. The van der Waals surface area contributed by atoms with Crippen molar-refractivity contribution in [3.8, 4) is 0 Å². The second kappa shape index (κ2) is 6.93. The normalized spacial score (nSPS) is 10.8. The van der Waals surface area contributed by atoms with E-state index in [1.54, 1.807) is 23.9 Å². The van der Waals surface area contributed by atoms with Crippen molar-refractivity contribution in [2.45, 2.75) is 18.7 Å². The highest BCUT2D eigenvalue weighted by molar-refractivity contribution is 7.99. The number of H-pyrrole nitrogens is 1. The molecule has 0 spiro atoms. The third kappa shape index (κ3) is 3.36. The van der Waals surface area contributed by atoms with Crippen LogP contribution in [0.2, 0.25) is 0 Å². The van der Waals surface area contributed by atoms with Crippen LogP contribution in [-0.2, 0) is 0 Å². The van der Waals surface area contributed by atoms with Crippen LogP contribution in [-0.4, -0.2) is 16.6 Å². The first-order chi connectivity index (χ1) is 11.6. The van der Waals surface area contributed by atoms with Gasteiger partial charge >= 0.3 is 0 Å². The van der Waals surface area contributed by atoms with Crippen LogP contribution in [0.4, 0.5) is 5.69 Å². The van der Waals surface area contributed by atoms with Gasteiger partial charge in [0.1, 0.15) is 0 Å². The van der Waals surface area contributed by atoms with Crippen molar-refractivity contribution in [3.05, 3.63) is 70.0 Å². The summed E-state index contributed by atoms with van der Waals surface area (Å²) in [5.74, 6) is 0.752. The number of rotatable bonds is 4. The molecule has 0 aliphatic rings. The maximum absolute atomic E-state index is 12.6. The first-order valence-corrected chi connectivity index (χ1v) is 8.74. The third-order valence-corrected chi connectivity index (χ3v) is 4.69. The molecule has 1 amide bonds. The number of aromatic nitrogens is 1. The first kappa shape index (κ1) is 16.3. The second-order valence-electron chi connectivity index (χ2n) is 5.46. The number of carbonyl (C=O) groups is 1. The standard InChI is InChI=1S/C19H18N2O2S/c1-3-24-17-7-5-4-6-15(17)19(23)20-13-8-9-14-12(2)10-18(22)21-16(14)11-13/h4-11H,3H2,1-2H3,(H,20,23)(H,21,22). The van der Waals surface area contributed by atoms with Gasteiger partial charge in [-0.2, -0.15) is 0 Å². The van der Waals surface area contributed by atoms with Gasteiger partial charge in [-0.3, -0.25) is 9.59 Å². The summed E-state index contributed by atoms with van der Waals surface area (Å²) in [4.78, 5) is 28.0. The van der Waals surface area contributed by atoms with Crippen LogP contribution in [0.1, 0.15) is 22.8 Å². The number of aromatic amines is 1. The molecule has 0 aliphatic carbocycles. The van der Waals surface area contributed by atoms with Gasteiger partial charge in [-0.25, -0.2) is 0 Å². The van der Waals surface area contributed by atoms with E-state index >= 15 is 0 Å². The monoisotopic (exact) mass is 338 g/mol. The van der Waals surface area contributed by atoms with E-state index < -0.39 is 0 Å². The smallest absolute Gasteiger partial charge is 0.256 e. The molecule has 3 aromatic rings. The molecule has 24 heavy (non-hydrogen) atoms. The Balaban J connectivity index is 1.92. The number of pyridine rings is 1. The average Bonchev–Trinajstić information content (AvgIpc) is 2.55. The highest BCUT2D eigenvalue weighted by Crippen LogP contribution is 2.24. The molecule has 122 valence electrons. The molecule has 2 N–H and O–H groups in total. The molecule has 0 unspecified atom stereocenters. The van der Waals surface area contributed by atoms with Gasteiger partial charge in [0.2, 0.25) is 5.56 Å². The van der Waals surface area contributed by atoms with E-state index in [4.69, 9.17) is 0 Å². The van der Waals surface area contributed by atoms with Crippen LogP contribution in [0.3, 0.4) is 0 Å². The molecule has 0 fully saturated rings. The van der Waals surface area contributed by atoms with Gasteiger partial charge in [0.05, 0.1) is 11.1 Å². The first-order valence-electron chi connectivity index (χ1n) is 7.75. The Morgan fingerprint density at radius 1 is 1.17 bits per heavy atom. The molecule has 5 heteroatoms. The van der Waals surface area contributed by atoms with Gasteiger partial charge in [0, 0.05) is 22.0 Å². The number of fused-ring (bicyclic) bond motifs is 1. The summed E-state index contributed by atoms with van der Waals surface area (Å²) in [5.41, 5.74) is 2.80. The number of aryl methyl sites for hydroxylation is 1. The number of anilines is 1. The molecule has 2 aromatic carbocycles. The lowest BCUT2D eigenvalue weighted by molar-refractivity contribution is 0.102. The summed E-state index contributed by atoms with van der Waals surface area (Å²) in [6.07, 6.45) is 0. The van der Waals surface area contributed by atoms with Crippen LogP contribution >= 0.6 is 11.8 Å². The molecule has 0 radical (unpaired) electrons. The van der Waals surface area contributed by atoms with Crippen molar-refractivity contribution < 1.29 is 4.79 Å². The fraction of sp³-hybridized carbons (Fsp3) is 0.158. The Labute approximate surface area is 144 Å². The van der Waals surface area contributed by atoms with Crippen LogP contribution in [0.25, 0.3) is 10.9 Å². The summed E-state index contributed by atoms with van der Waals surface area (Å²) in [6, 6.07) is 14.7. The molecule has 0 atom stereocenters. The predicted molar refractivity (Wildman–Crippen MR) is 100 cm³/mol. The molecule has 0 saturated heterocycles. The summed E-state index contributed by atoms with van der Waals surface area (Å²) >= 11 is 1.64. The topological polar surface area (TPSA) is 62.0 Å². The number of amides is 1. The van der Waals surface area contributed by atoms with Crippen LogP contribution in [0.15, 0.2) is 58.2 Å². The Morgan fingerprint density at radius 2 is 1.96 bits per heavy atom. The van der Waals surface area contributed by atoms with E-state index in [0.29, 0.717) is 16.8 Å². The third-order valence-electron chi connectivity index (χ3n) is 3.74. The quantitative estimate of drug-likeness (QED) is 0.701. The van der Waals surface area contributed by atoms with Gasteiger partial charge in [-0.15, -0.1) is 11.8 Å². The van der Waals surface area contributed by atoms with Gasteiger partial charge in [-0.05, 0) is 42.5 Å². The Bertz CT molecular complexity index is 963. The maximum Gasteiger partial charge on any atom is 0.256 e. The molecule has 0 saturated carbocycles. The SMILES string of the molecule is CCSc1ccccc1C(=O)Nc1ccc2c(C)cc(=O)[nH]c2c1. The van der Waals surface area contributed by atoms with Crippen molar-refractivity contribution in [3.63, 3.8) is 0 Å². The highest BCUT2D eigenvalue weighted by Gasteiger charge is 2.11. The predicted octanol–water partition coefficient (Wildman–Crippen LogP) is 4.20. The van der Waals surface area contributed by atoms with Crippen molar-refractivity contribution in [2.24, 2.45) is 0 Å². The molecule has 1 heterocycles. The van der Waals surface area contributed by atoms with Crippen LogP contribution in [0.5, 0.6) is 0 Å². The van der Waals surface area contributed by atoms with Crippen molar-refractivity contribution in [1.29, 1.82) is 0 Å². The largest absolute Gasteiger partial charge is 0.322 e. The van der Waals surface area contributed by atoms with E-state index in [1.807, 2.05) is 43.3 Å². The lowest BCUT2D eigenvalue weighted by Crippen LogP contribution is -2.13. The van der Waals surface area contributed by atoms with Crippen LogP contribution in [0, 0.1) is 6.92 Å². The van der Waals surface area contributed by atoms with E-state index in [9.17, 15) is 9.59 Å². The van der Waals surface area contributed by atoms with E-state index in [-0.39, 0.29) is 11.5 Å². The minimum Gasteiger partial charge on any atom is -0.322 e. The van der Waals surface area contributed by atoms with Gasteiger partial charge in [0.15, 0.2) is 0 Å². The number of carbonyl (C=O) groups excluding carboxylic acids is 1. The number of thioether (sulfide) groups is 1. The molecule has 1 aromatic heterocycles. The molecule has 3 rings (SSSR count). The van der Waals surface area contributed by atoms with Crippen molar-refractivity contribution >= 4 is 34.3 Å². The summed E-state index contributed by atoms with van der Waals surface area (Å²) in [5, 5.41) is 3.88. The zero-order chi connectivity index (χ0) is 17.1. The minimum absolute atomic E-state index is 0.145. The molecular weight excluding hydrogens is 320 g/mol. The number of benzene rings is 2. The maximum atomic E-state index is 12.6. The summed E-state index contributed by atoms with van der Waals surface area (Å²) < 4.78 is 0. The highest BCUT2D eigenvalue weighted by atomic mass is 32.2. The van der Waals surface area contributed by atoms with Crippen molar-refractivity contribution in [1.82, 2.24) is 4.98 Å². The van der Waals surface area contributed by atoms with E-state index in [1.165, 1.54) is 0 Å². The second-order valence-corrected chi connectivity index (χ2v) is 6.77. The average molecular weight is 338 g/mol. The molecule has 4 nitrogen and oxygen atoms in total. The molecular formula is C19H18N2O2S. The van der Waals surface area contributed by atoms with Gasteiger partial charge in [0.25, 0.3) is 5.91 Å². The van der Waals surface area contributed by atoms with Crippen LogP contribution < -0.4 is 10.9 Å². The number of hydrogen-bond donors (Lipinski definition) is 2. The molecule has 0 bridgehead atoms. The Morgan fingerprint density at radius 3 is 2.75 bits per heavy atom.